The Labute approximate surface area is 162 Å². The van der Waals surface area contributed by atoms with Crippen molar-refractivity contribution in [2.45, 2.75) is 38.3 Å². The molecule has 0 unspecified atom stereocenters. The minimum Gasteiger partial charge on any atom is -0.491 e. The van der Waals surface area contributed by atoms with Gasteiger partial charge >= 0.3 is 0 Å². The molecule has 1 heterocycles. The number of hydrogen-bond acceptors (Lipinski definition) is 4. The van der Waals surface area contributed by atoms with Crippen molar-refractivity contribution >= 4 is 10.0 Å². The summed E-state index contributed by atoms with van der Waals surface area (Å²) in [4.78, 5) is 2.70. The zero-order valence-corrected chi connectivity index (χ0v) is 17.1. The fourth-order valence-corrected chi connectivity index (χ4v) is 5.00. The van der Waals surface area contributed by atoms with E-state index in [1.165, 1.54) is 0 Å². The van der Waals surface area contributed by atoms with E-state index in [9.17, 15) is 8.42 Å². The van der Waals surface area contributed by atoms with E-state index in [1.54, 1.807) is 16.4 Å². The van der Waals surface area contributed by atoms with Crippen molar-refractivity contribution in [1.29, 1.82) is 0 Å². The van der Waals surface area contributed by atoms with Gasteiger partial charge in [-0.3, -0.25) is 4.90 Å². The maximum absolute atomic E-state index is 12.9. The lowest BCUT2D eigenvalue weighted by molar-refractivity contribution is 0.176. The second-order valence-corrected chi connectivity index (χ2v) is 9.13. The second-order valence-electron chi connectivity index (χ2n) is 7.22. The lowest BCUT2D eigenvalue weighted by Crippen LogP contribution is -2.48. The topological polar surface area (TPSA) is 49.9 Å². The van der Waals surface area contributed by atoms with Gasteiger partial charge in [-0.2, -0.15) is 4.31 Å². The van der Waals surface area contributed by atoms with E-state index in [0.29, 0.717) is 31.1 Å². The van der Waals surface area contributed by atoms with Gasteiger partial charge in [-0.25, -0.2) is 8.42 Å². The zero-order chi connectivity index (χ0) is 19.4. The van der Waals surface area contributed by atoms with Gasteiger partial charge in [0.1, 0.15) is 5.75 Å². The number of benzene rings is 2. The largest absolute Gasteiger partial charge is 0.491 e. The van der Waals surface area contributed by atoms with Gasteiger partial charge < -0.3 is 4.74 Å². The maximum Gasteiger partial charge on any atom is 0.243 e. The van der Waals surface area contributed by atoms with E-state index >= 15 is 0 Å². The van der Waals surface area contributed by atoms with Crippen molar-refractivity contribution in [3.8, 4) is 5.75 Å². The molecule has 0 radical (unpaired) electrons. The summed E-state index contributed by atoms with van der Waals surface area (Å²) in [7, 11) is -3.43. The minimum atomic E-state index is -3.43. The van der Waals surface area contributed by atoms with Crippen LogP contribution in [0.25, 0.3) is 0 Å². The molecule has 5 nitrogen and oxygen atoms in total. The highest BCUT2D eigenvalue weighted by atomic mass is 32.2. The average molecular weight is 389 g/mol. The van der Waals surface area contributed by atoms with Gasteiger partial charge in [0, 0.05) is 38.3 Å². The summed E-state index contributed by atoms with van der Waals surface area (Å²) in [6, 6.07) is 15.2. The first-order valence-corrected chi connectivity index (χ1v) is 10.8. The number of nitrogens with zero attached hydrogens (tertiary/aromatic N) is 2. The molecule has 1 aliphatic rings. The molecule has 2 aromatic carbocycles. The molecule has 146 valence electrons. The molecule has 0 spiro atoms. The molecule has 1 saturated heterocycles. The van der Waals surface area contributed by atoms with Gasteiger partial charge in [-0.15, -0.1) is 0 Å². The molecule has 1 fully saturated rings. The molecule has 0 saturated carbocycles. The third kappa shape index (κ3) is 4.69. The van der Waals surface area contributed by atoms with Crippen LogP contribution in [0.1, 0.15) is 25.0 Å². The zero-order valence-electron chi connectivity index (χ0n) is 16.3. The van der Waals surface area contributed by atoms with E-state index in [-0.39, 0.29) is 6.10 Å². The van der Waals surface area contributed by atoms with Crippen LogP contribution in [0.4, 0.5) is 0 Å². The first-order valence-electron chi connectivity index (χ1n) is 9.40. The lowest BCUT2D eigenvalue weighted by Gasteiger charge is -2.34. The lowest BCUT2D eigenvalue weighted by atomic mass is 10.1. The third-order valence-corrected chi connectivity index (χ3v) is 6.83. The molecule has 2 aromatic rings. The van der Waals surface area contributed by atoms with Gasteiger partial charge in [0.15, 0.2) is 0 Å². The van der Waals surface area contributed by atoms with Gasteiger partial charge in [0.25, 0.3) is 0 Å². The molecule has 0 bridgehead atoms. The van der Waals surface area contributed by atoms with Crippen molar-refractivity contribution in [1.82, 2.24) is 9.21 Å². The Morgan fingerprint density at radius 3 is 2.26 bits per heavy atom. The van der Waals surface area contributed by atoms with E-state index in [2.05, 4.69) is 11.0 Å². The predicted octanol–water partition coefficient (Wildman–Crippen LogP) is 3.29. The van der Waals surface area contributed by atoms with Crippen molar-refractivity contribution in [2.75, 3.05) is 26.2 Å². The third-order valence-electron chi connectivity index (χ3n) is 4.77. The molecule has 3 rings (SSSR count). The number of hydrogen-bond donors (Lipinski definition) is 0. The Hall–Kier alpha value is -1.89. The predicted molar refractivity (Wildman–Crippen MR) is 107 cm³/mol. The Morgan fingerprint density at radius 2 is 1.59 bits per heavy atom. The van der Waals surface area contributed by atoms with Crippen LogP contribution in [-0.2, 0) is 16.6 Å². The van der Waals surface area contributed by atoms with E-state index in [0.717, 1.165) is 23.4 Å². The highest BCUT2D eigenvalue weighted by Crippen LogP contribution is 2.24. The average Bonchev–Trinajstić information content (AvgIpc) is 2.63. The number of ether oxygens (including phenoxy) is 1. The van der Waals surface area contributed by atoms with Crippen LogP contribution in [0.15, 0.2) is 53.4 Å². The highest BCUT2D eigenvalue weighted by molar-refractivity contribution is 7.89. The van der Waals surface area contributed by atoms with Crippen LogP contribution in [0.3, 0.4) is 0 Å². The van der Waals surface area contributed by atoms with E-state index in [4.69, 9.17) is 4.74 Å². The molecule has 0 N–H and O–H groups in total. The maximum atomic E-state index is 12.9. The standard InChI is InChI=1S/C21H28N2O3S/c1-17(2)26-20-10-6-5-9-19(20)16-22-12-14-23(15-13-22)27(24,25)21-11-7-4-8-18(21)3/h4-11,17H,12-16H2,1-3H3. The fraction of sp³-hybridized carbons (Fsp3) is 0.429. The molecular weight excluding hydrogens is 360 g/mol. The summed E-state index contributed by atoms with van der Waals surface area (Å²) in [6.45, 7) is 9.07. The van der Waals surface area contributed by atoms with Crippen molar-refractivity contribution in [3.05, 3.63) is 59.7 Å². The van der Waals surface area contributed by atoms with Crippen LogP contribution in [0.2, 0.25) is 0 Å². The van der Waals surface area contributed by atoms with E-state index in [1.807, 2.05) is 51.1 Å². The number of piperazine rings is 1. The molecule has 6 heteroatoms. The molecule has 1 aliphatic heterocycles. The molecular formula is C21H28N2O3S. The van der Waals surface area contributed by atoms with Crippen molar-refractivity contribution in [2.24, 2.45) is 0 Å². The Balaban J connectivity index is 1.66. The Kier molecular flexibility index (Phi) is 6.19. The van der Waals surface area contributed by atoms with Crippen LogP contribution in [0.5, 0.6) is 5.75 Å². The summed E-state index contributed by atoms with van der Waals surface area (Å²) in [5.41, 5.74) is 1.93. The fourth-order valence-electron chi connectivity index (χ4n) is 3.36. The molecule has 0 aliphatic carbocycles. The van der Waals surface area contributed by atoms with E-state index < -0.39 is 10.0 Å². The number of sulfonamides is 1. The highest BCUT2D eigenvalue weighted by Gasteiger charge is 2.29. The molecule has 27 heavy (non-hydrogen) atoms. The second kappa shape index (κ2) is 8.42. The van der Waals surface area contributed by atoms with Gasteiger partial charge in [-0.1, -0.05) is 36.4 Å². The summed E-state index contributed by atoms with van der Waals surface area (Å²) in [6.07, 6.45) is 0.127. The number of aryl methyl sites for hydroxylation is 1. The van der Waals surface area contributed by atoms with Crippen molar-refractivity contribution in [3.63, 3.8) is 0 Å². The normalized spacial score (nSPS) is 16.6. The summed E-state index contributed by atoms with van der Waals surface area (Å²) < 4.78 is 33.4. The van der Waals surface area contributed by atoms with Gasteiger partial charge in [0.2, 0.25) is 10.0 Å². The quantitative estimate of drug-likeness (QED) is 0.762. The first kappa shape index (κ1) is 19.9. The van der Waals surface area contributed by atoms with Crippen LogP contribution in [0, 0.1) is 6.92 Å². The Morgan fingerprint density at radius 1 is 0.963 bits per heavy atom. The Bertz CT molecular complexity index is 873. The summed E-state index contributed by atoms with van der Waals surface area (Å²) in [5, 5.41) is 0. The molecule has 0 aromatic heterocycles. The van der Waals surface area contributed by atoms with Gasteiger partial charge in [0.05, 0.1) is 11.0 Å². The summed E-state index contributed by atoms with van der Waals surface area (Å²) in [5.74, 6) is 0.905. The van der Waals surface area contributed by atoms with Crippen LogP contribution >= 0.6 is 0 Å². The van der Waals surface area contributed by atoms with Gasteiger partial charge in [-0.05, 0) is 38.5 Å². The van der Waals surface area contributed by atoms with Crippen LogP contribution < -0.4 is 4.74 Å². The van der Waals surface area contributed by atoms with Crippen LogP contribution in [-0.4, -0.2) is 49.9 Å². The minimum absolute atomic E-state index is 0.127. The molecule has 0 atom stereocenters. The number of rotatable bonds is 6. The smallest absolute Gasteiger partial charge is 0.243 e. The monoisotopic (exact) mass is 388 g/mol. The first-order chi connectivity index (χ1) is 12.9. The van der Waals surface area contributed by atoms with Crippen molar-refractivity contribution < 1.29 is 13.2 Å². The molecule has 0 amide bonds. The SMILES string of the molecule is Cc1ccccc1S(=O)(=O)N1CCN(Cc2ccccc2OC(C)C)CC1. The number of para-hydroxylation sites is 1. The summed E-state index contributed by atoms with van der Waals surface area (Å²) >= 11 is 0.